The van der Waals surface area contributed by atoms with Crippen LogP contribution in [-0.2, 0) is 4.74 Å². The van der Waals surface area contributed by atoms with Crippen molar-refractivity contribution in [3.8, 4) is 11.3 Å². The molecular formula is C26H31N7O. The third-order valence-electron chi connectivity index (χ3n) is 7.44. The molecular weight excluding hydrogens is 426 g/mol. The summed E-state index contributed by atoms with van der Waals surface area (Å²) >= 11 is 0. The number of pyridine rings is 1. The number of anilines is 1. The van der Waals surface area contributed by atoms with Crippen LogP contribution in [0.25, 0.3) is 27.9 Å². The Bertz CT molecular complexity index is 1290. The van der Waals surface area contributed by atoms with Gasteiger partial charge in [-0.15, -0.1) is 10.2 Å². The molecule has 2 saturated heterocycles. The minimum absolute atomic E-state index is 0.354. The van der Waals surface area contributed by atoms with Gasteiger partial charge >= 0.3 is 0 Å². The third kappa shape index (κ3) is 3.91. The van der Waals surface area contributed by atoms with Gasteiger partial charge in [-0.3, -0.25) is 14.4 Å². The van der Waals surface area contributed by atoms with Crippen LogP contribution in [0.15, 0.2) is 42.7 Å². The van der Waals surface area contributed by atoms with E-state index in [-0.39, 0.29) is 0 Å². The zero-order valence-electron chi connectivity index (χ0n) is 19.9. The van der Waals surface area contributed by atoms with Crippen molar-refractivity contribution >= 4 is 22.4 Å². The topological polar surface area (TPSA) is 71.7 Å². The zero-order valence-corrected chi connectivity index (χ0v) is 19.9. The van der Waals surface area contributed by atoms with Crippen LogP contribution < -0.4 is 4.90 Å². The maximum Gasteiger partial charge on any atom is 0.179 e. The van der Waals surface area contributed by atoms with E-state index in [2.05, 4.69) is 73.8 Å². The van der Waals surface area contributed by atoms with Crippen LogP contribution in [-0.4, -0.2) is 75.9 Å². The van der Waals surface area contributed by atoms with Crippen LogP contribution in [0.2, 0.25) is 0 Å². The van der Waals surface area contributed by atoms with Crippen LogP contribution in [0.1, 0.15) is 37.4 Å². The average molecular weight is 458 g/mol. The van der Waals surface area contributed by atoms with Gasteiger partial charge in [-0.05, 0) is 64.0 Å². The highest BCUT2D eigenvalue weighted by molar-refractivity contribution is 5.83. The highest BCUT2D eigenvalue weighted by Crippen LogP contribution is 2.30. The Morgan fingerprint density at radius 2 is 1.74 bits per heavy atom. The lowest BCUT2D eigenvalue weighted by molar-refractivity contribution is 0.0834. The number of fused-ring (bicyclic) bond motifs is 3. The second-order valence-corrected chi connectivity index (χ2v) is 9.68. The second kappa shape index (κ2) is 8.92. The lowest BCUT2D eigenvalue weighted by Gasteiger charge is -2.36. The molecule has 0 bridgehead atoms. The molecule has 3 aromatic heterocycles. The van der Waals surface area contributed by atoms with Crippen LogP contribution >= 0.6 is 0 Å². The van der Waals surface area contributed by atoms with Crippen molar-refractivity contribution in [3.05, 3.63) is 48.5 Å². The van der Waals surface area contributed by atoms with Gasteiger partial charge in [0.05, 0.1) is 34.8 Å². The molecule has 176 valence electrons. The third-order valence-corrected chi connectivity index (χ3v) is 7.44. The van der Waals surface area contributed by atoms with Crippen molar-refractivity contribution in [2.75, 3.05) is 45.3 Å². The van der Waals surface area contributed by atoms with E-state index in [1.165, 1.54) is 18.5 Å². The lowest BCUT2D eigenvalue weighted by Crippen LogP contribution is -2.42. The largest absolute Gasteiger partial charge is 0.381 e. The number of piperidine rings is 1. The first-order valence-electron chi connectivity index (χ1n) is 12.3. The van der Waals surface area contributed by atoms with Crippen LogP contribution in [0.3, 0.4) is 0 Å². The van der Waals surface area contributed by atoms with Crippen molar-refractivity contribution in [3.63, 3.8) is 0 Å². The Hall–Kier alpha value is -3.10. The van der Waals surface area contributed by atoms with Gasteiger partial charge in [0, 0.05) is 43.8 Å². The second-order valence-electron chi connectivity index (χ2n) is 9.68. The van der Waals surface area contributed by atoms with E-state index in [0.29, 0.717) is 12.0 Å². The van der Waals surface area contributed by atoms with Crippen molar-refractivity contribution in [1.29, 1.82) is 0 Å². The molecule has 8 heteroatoms. The minimum atomic E-state index is 0.354. The van der Waals surface area contributed by atoms with E-state index in [9.17, 15) is 0 Å². The Labute approximate surface area is 199 Å². The summed E-state index contributed by atoms with van der Waals surface area (Å²) in [4.78, 5) is 14.2. The van der Waals surface area contributed by atoms with Crippen LogP contribution in [0, 0.1) is 0 Å². The Kier molecular flexibility index (Phi) is 5.63. The number of hydrogen-bond donors (Lipinski definition) is 0. The van der Waals surface area contributed by atoms with Gasteiger partial charge in [0.15, 0.2) is 5.65 Å². The maximum atomic E-state index is 5.56. The van der Waals surface area contributed by atoms with E-state index >= 15 is 0 Å². The predicted octanol–water partition coefficient (Wildman–Crippen LogP) is 3.76. The predicted molar refractivity (Wildman–Crippen MR) is 133 cm³/mol. The lowest BCUT2D eigenvalue weighted by atomic mass is 9.99. The summed E-state index contributed by atoms with van der Waals surface area (Å²) in [6.45, 7) is 3.70. The number of aromatic nitrogens is 5. The Balaban J connectivity index is 1.31. The quantitative estimate of drug-likeness (QED) is 0.462. The van der Waals surface area contributed by atoms with Crippen molar-refractivity contribution < 1.29 is 4.74 Å². The molecule has 8 nitrogen and oxygen atoms in total. The fourth-order valence-corrected chi connectivity index (χ4v) is 5.34. The standard InChI is InChI=1S/C26H31N7O/c1-31(2)20-7-11-32(12-8-20)21-4-6-22(27-16-21)19-3-5-23-24(15-19)33-25(17-28-23)29-30-26(33)18-9-13-34-14-10-18/h3-6,15-18,20H,7-14H2,1-2H3. The van der Waals surface area contributed by atoms with Gasteiger partial charge in [0.1, 0.15) is 5.82 Å². The Morgan fingerprint density at radius 3 is 2.47 bits per heavy atom. The molecule has 0 spiro atoms. The molecule has 2 aliphatic heterocycles. The summed E-state index contributed by atoms with van der Waals surface area (Å²) in [5, 5.41) is 8.96. The molecule has 2 fully saturated rings. The van der Waals surface area contributed by atoms with Crippen LogP contribution in [0.5, 0.6) is 0 Å². The van der Waals surface area contributed by atoms with E-state index in [0.717, 1.165) is 72.9 Å². The van der Waals surface area contributed by atoms with Gasteiger partial charge in [-0.1, -0.05) is 6.07 Å². The van der Waals surface area contributed by atoms with Gasteiger partial charge in [-0.2, -0.15) is 0 Å². The van der Waals surface area contributed by atoms with E-state index < -0.39 is 0 Å². The molecule has 0 saturated carbocycles. The number of ether oxygens (including phenoxy) is 1. The molecule has 1 aromatic carbocycles. The summed E-state index contributed by atoms with van der Waals surface area (Å²) in [5.41, 5.74) is 5.99. The summed E-state index contributed by atoms with van der Waals surface area (Å²) in [6.07, 6.45) is 8.15. The SMILES string of the molecule is CN(C)C1CCN(c2ccc(-c3ccc4ncc5nnc(C6CCOCC6)n5c4c3)nc2)CC1. The minimum Gasteiger partial charge on any atom is -0.381 e. The molecule has 0 amide bonds. The first-order chi connectivity index (χ1) is 16.7. The molecule has 0 unspecified atom stereocenters. The van der Waals surface area contributed by atoms with Crippen molar-refractivity contribution in [2.45, 2.75) is 37.6 Å². The highest BCUT2D eigenvalue weighted by atomic mass is 16.5. The van der Waals surface area contributed by atoms with E-state index in [1.54, 1.807) is 0 Å². The van der Waals surface area contributed by atoms with Crippen molar-refractivity contribution in [1.82, 2.24) is 29.5 Å². The smallest absolute Gasteiger partial charge is 0.179 e. The normalized spacial score (nSPS) is 18.4. The van der Waals surface area contributed by atoms with E-state index in [4.69, 9.17) is 9.72 Å². The molecule has 5 heterocycles. The fourth-order valence-electron chi connectivity index (χ4n) is 5.34. The summed E-state index contributed by atoms with van der Waals surface area (Å²) in [7, 11) is 4.35. The van der Waals surface area contributed by atoms with Gasteiger partial charge in [0.25, 0.3) is 0 Å². The molecule has 0 N–H and O–H groups in total. The number of benzene rings is 1. The number of rotatable bonds is 4. The van der Waals surface area contributed by atoms with Gasteiger partial charge in [-0.25, -0.2) is 0 Å². The van der Waals surface area contributed by atoms with Gasteiger partial charge < -0.3 is 14.5 Å². The van der Waals surface area contributed by atoms with Gasteiger partial charge in [0.2, 0.25) is 0 Å². The first-order valence-corrected chi connectivity index (χ1v) is 12.3. The molecule has 4 aromatic rings. The fraction of sp³-hybridized carbons (Fsp3) is 0.462. The Morgan fingerprint density at radius 1 is 0.912 bits per heavy atom. The molecule has 6 rings (SSSR count). The monoisotopic (exact) mass is 457 g/mol. The van der Waals surface area contributed by atoms with Crippen molar-refractivity contribution in [2.24, 2.45) is 0 Å². The zero-order chi connectivity index (χ0) is 23.1. The van der Waals surface area contributed by atoms with E-state index in [1.807, 2.05) is 12.4 Å². The average Bonchev–Trinajstić information content (AvgIpc) is 3.34. The first kappa shape index (κ1) is 21.4. The number of nitrogens with zero attached hydrogens (tertiary/aromatic N) is 7. The summed E-state index contributed by atoms with van der Waals surface area (Å²) in [5.74, 6) is 1.36. The summed E-state index contributed by atoms with van der Waals surface area (Å²) in [6, 6.07) is 11.4. The molecule has 0 atom stereocenters. The maximum absolute atomic E-state index is 5.56. The van der Waals surface area contributed by atoms with Crippen LogP contribution in [0.4, 0.5) is 5.69 Å². The molecule has 0 aliphatic carbocycles. The molecule has 34 heavy (non-hydrogen) atoms. The molecule has 2 aliphatic rings. The molecule has 0 radical (unpaired) electrons. The highest BCUT2D eigenvalue weighted by Gasteiger charge is 2.23. The summed E-state index contributed by atoms with van der Waals surface area (Å²) < 4.78 is 7.73. The number of hydrogen-bond acceptors (Lipinski definition) is 7.